The number of aromatic carboxylic acids is 1. The van der Waals surface area contributed by atoms with Crippen molar-refractivity contribution in [3.8, 4) is 11.3 Å². The van der Waals surface area contributed by atoms with E-state index in [1.54, 1.807) is 16.8 Å². The molecule has 1 fully saturated rings. The van der Waals surface area contributed by atoms with E-state index in [0.717, 1.165) is 5.52 Å². The average Bonchev–Trinajstić information content (AvgIpc) is 3.16. The number of pyridine rings is 1. The van der Waals surface area contributed by atoms with E-state index in [2.05, 4.69) is 10.00 Å². The number of carboxylic acid groups (broad SMARTS) is 1. The molecule has 4 rings (SSSR count). The van der Waals surface area contributed by atoms with E-state index >= 15 is 0 Å². The Bertz CT molecular complexity index is 1150. The highest BCUT2D eigenvalue weighted by Gasteiger charge is 2.29. The molecule has 0 bridgehead atoms. The summed E-state index contributed by atoms with van der Waals surface area (Å²) in [5, 5.41) is 13.8. The Balaban J connectivity index is 1.85. The van der Waals surface area contributed by atoms with Gasteiger partial charge in [-0.3, -0.25) is 0 Å². The molecular weight excluding hydrogens is 380 g/mol. The van der Waals surface area contributed by atoms with E-state index in [1.807, 2.05) is 25.2 Å². The largest absolute Gasteiger partial charge is 0.478 e. The van der Waals surface area contributed by atoms with Crippen molar-refractivity contribution in [2.45, 2.75) is 4.90 Å². The van der Waals surface area contributed by atoms with Crippen molar-refractivity contribution in [3.63, 3.8) is 0 Å². The molecule has 1 saturated heterocycles. The van der Waals surface area contributed by atoms with E-state index in [0.29, 0.717) is 37.4 Å². The number of likely N-dealkylation sites (N-methyl/N-ethyl adjacent to an activating group) is 1. The Hall–Kier alpha value is -2.75. The molecule has 0 atom stereocenters. The van der Waals surface area contributed by atoms with Gasteiger partial charge in [-0.05, 0) is 43.4 Å². The van der Waals surface area contributed by atoms with Crippen LogP contribution in [0.3, 0.4) is 0 Å². The molecule has 0 saturated carbocycles. The van der Waals surface area contributed by atoms with Crippen LogP contribution in [0.1, 0.15) is 10.4 Å². The number of sulfonamides is 1. The summed E-state index contributed by atoms with van der Waals surface area (Å²) >= 11 is 0. The van der Waals surface area contributed by atoms with E-state index in [-0.39, 0.29) is 10.5 Å². The standard InChI is InChI=1S/C19H20N4O4S/c1-21-7-9-22(10-8-21)28(26,27)17-12-14(11-15(13-17)19(24)25)18-4-2-3-16-5-6-20-23(16)18/h2-6,11-13H,7-10H2,1H3,(H,24,25). The number of carboxylic acids is 1. The molecule has 146 valence electrons. The molecule has 2 aromatic heterocycles. The van der Waals surface area contributed by atoms with Gasteiger partial charge in [0.25, 0.3) is 0 Å². The Morgan fingerprint density at radius 2 is 1.82 bits per heavy atom. The zero-order chi connectivity index (χ0) is 19.9. The van der Waals surface area contributed by atoms with Gasteiger partial charge in [0.1, 0.15) is 0 Å². The van der Waals surface area contributed by atoms with Crippen LogP contribution in [0.5, 0.6) is 0 Å². The van der Waals surface area contributed by atoms with E-state index in [4.69, 9.17) is 0 Å². The van der Waals surface area contributed by atoms with Crippen LogP contribution in [0.15, 0.2) is 53.6 Å². The lowest BCUT2D eigenvalue weighted by Gasteiger charge is -2.31. The molecule has 8 nitrogen and oxygen atoms in total. The monoisotopic (exact) mass is 400 g/mol. The summed E-state index contributed by atoms with van der Waals surface area (Å²) in [4.78, 5) is 13.7. The topological polar surface area (TPSA) is 95.2 Å². The van der Waals surface area contributed by atoms with Gasteiger partial charge in [0, 0.05) is 31.7 Å². The smallest absolute Gasteiger partial charge is 0.335 e. The third kappa shape index (κ3) is 3.28. The lowest BCUT2D eigenvalue weighted by atomic mass is 10.1. The summed E-state index contributed by atoms with van der Waals surface area (Å²) in [6.07, 6.45) is 1.64. The number of benzene rings is 1. The average molecular weight is 400 g/mol. The van der Waals surface area contributed by atoms with E-state index < -0.39 is 16.0 Å². The summed E-state index contributed by atoms with van der Waals surface area (Å²) < 4.78 is 29.4. The summed E-state index contributed by atoms with van der Waals surface area (Å²) in [5.41, 5.74) is 1.87. The molecule has 0 spiro atoms. The third-order valence-electron chi connectivity index (χ3n) is 4.97. The maximum Gasteiger partial charge on any atom is 0.335 e. The van der Waals surface area contributed by atoms with Crippen molar-refractivity contribution < 1.29 is 18.3 Å². The molecule has 3 heterocycles. The number of hydrogen-bond donors (Lipinski definition) is 1. The molecular formula is C19H20N4O4S. The first kappa shape index (κ1) is 18.6. The van der Waals surface area contributed by atoms with Crippen LogP contribution in [-0.4, -0.2) is 71.5 Å². The van der Waals surface area contributed by atoms with E-state index in [1.165, 1.54) is 22.5 Å². The number of piperazine rings is 1. The Morgan fingerprint density at radius 3 is 2.54 bits per heavy atom. The van der Waals surface area contributed by atoms with Crippen LogP contribution in [0.2, 0.25) is 0 Å². The number of carbonyl (C=O) groups is 1. The van der Waals surface area contributed by atoms with Crippen molar-refractivity contribution in [3.05, 3.63) is 54.2 Å². The van der Waals surface area contributed by atoms with Crippen molar-refractivity contribution >= 4 is 21.5 Å². The molecule has 0 radical (unpaired) electrons. The predicted octanol–water partition coefficient (Wildman–Crippen LogP) is 1.64. The first-order chi connectivity index (χ1) is 13.4. The molecule has 1 aromatic carbocycles. The fourth-order valence-electron chi connectivity index (χ4n) is 3.36. The van der Waals surface area contributed by atoms with Gasteiger partial charge in [-0.25, -0.2) is 17.7 Å². The second kappa shape index (κ2) is 7.01. The van der Waals surface area contributed by atoms with E-state index in [9.17, 15) is 18.3 Å². The van der Waals surface area contributed by atoms with Crippen molar-refractivity contribution in [1.29, 1.82) is 0 Å². The third-order valence-corrected chi connectivity index (χ3v) is 6.85. The van der Waals surface area contributed by atoms with Crippen LogP contribution < -0.4 is 0 Å². The minimum Gasteiger partial charge on any atom is -0.478 e. The molecule has 0 aliphatic carbocycles. The quantitative estimate of drug-likeness (QED) is 0.715. The molecule has 0 amide bonds. The number of hydrogen-bond acceptors (Lipinski definition) is 5. The number of nitrogens with zero attached hydrogens (tertiary/aromatic N) is 4. The van der Waals surface area contributed by atoms with Crippen LogP contribution in [-0.2, 0) is 10.0 Å². The van der Waals surface area contributed by atoms with Crippen LogP contribution in [0.4, 0.5) is 0 Å². The second-order valence-corrected chi connectivity index (χ2v) is 8.78. The van der Waals surface area contributed by atoms with Gasteiger partial charge in [-0.15, -0.1) is 0 Å². The molecule has 1 N–H and O–H groups in total. The number of fused-ring (bicyclic) bond motifs is 1. The fourth-order valence-corrected chi connectivity index (χ4v) is 4.86. The van der Waals surface area contributed by atoms with Gasteiger partial charge in [0.15, 0.2) is 0 Å². The first-order valence-corrected chi connectivity index (χ1v) is 10.3. The molecule has 1 aliphatic rings. The number of rotatable bonds is 4. The second-order valence-electron chi connectivity index (χ2n) is 6.84. The van der Waals surface area contributed by atoms with Gasteiger partial charge in [0.05, 0.1) is 27.9 Å². The van der Waals surface area contributed by atoms with Gasteiger partial charge in [0.2, 0.25) is 10.0 Å². The van der Waals surface area contributed by atoms with Gasteiger partial charge < -0.3 is 10.0 Å². The maximum absolute atomic E-state index is 13.2. The zero-order valence-corrected chi connectivity index (χ0v) is 16.1. The minimum absolute atomic E-state index is 0.0175. The zero-order valence-electron chi connectivity index (χ0n) is 15.3. The molecule has 28 heavy (non-hydrogen) atoms. The Labute approximate surface area is 162 Å². The lowest BCUT2D eigenvalue weighted by molar-refractivity contribution is 0.0696. The highest BCUT2D eigenvalue weighted by atomic mass is 32.2. The van der Waals surface area contributed by atoms with Gasteiger partial charge in [-0.2, -0.15) is 9.40 Å². The Morgan fingerprint density at radius 1 is 1.07 bits per heavy atom. The number of aromatic nitrogens is 2. The van der Waals surface area contributed by atoms with Gasteiger partial charge >= 0.3 is 5.97 Å². The van der Waals surface area contributed by atoms with Crippen LogP contribution in [0.25, 0.3) is 16.8 Å². The van der Waals surface area contributed by atoms with Crippen molar-refractivity contribution in [2.75, 3.05) is 33.2 Å². The normalized spacial score (nSPS) is 16.5. The SMILES string of the molecule is CN1CCN(S(=O)(=O)c2cc(C(=O)O)cc(-c3cccc4ccnn34)c2)CC1. The highest BCUT2D eigenvalue weighted by Crippen LogP contribution is 2.27. The predicted molar refractivity (Wildman–Crippen MR) is 104 cm³/mol. The minimum atomic E-state index is -3.80. The first-order valence-electron chi connectivity index (χ1n) is 8.86. The van der Waals surface area contributed by atoms with Crippen molar-refractivity contribution in [1.82, 2.24) is 18.8 Å². The summed E-state index contributed by atoms with van der Waals surface area (Å²) in [6.45, 7) is 2.02. The summed E-state index contributed by atoms with van der Waals surface area (Å²) in [6, 6.07) is 11.5. The Kier molecular flexibility index (Phi) is 4.66. The van der Waals surface area contributed by atoms with Crippen LogP contribution in [0, 0.1) is 0 Å². The summed E-state index contributed by atoms with van der Waals surface area (Å²) in [5.74, 6) is -1.18. The van der Waals surface area contributed by atoms with Crippen molar-refractivity contribution in [2.24, 2.45) is 0 Å². The van der Waals surface area contributed by atoms with Gasteiger partial charge in [-0.1, -0.05) is 6.07 Å². The van der Waals surface area contributed by atoms with Crippen LogP contribution >= 0.6 is 0 Å². The maximum atomic E-state index is 13.2. The molecule has 0 unspecified atom stereocenters. The molecule has 3 aromatic rings. The highest BCUT2D eigenvalue weighted by molar-refractivity contribution is 7.89. The molecule has 1 aliphatic heterocycles. The fraction of sp³-hybridized carbons (Fsp3) is 0.263. The summed E-state index contributed by atoms with van der Waals surface area (Å²) in [7, 11) is -1.86. The lowest BCUT2D eigenvalue weighted by Crippen LogP contribution is -2.47. The molecule has 9 heteroatoms.